The van der Waals surface area contributed by atoms with Crippen LogP contribution in [0.15, 0.2) is 34.6 Å². The van der Waals surface area contributed by atoms with E-state index in [9.17, 15) is 0 Å². The van der Waals surface area contributed by atoms with Crippen molar-refractivity contribution in [2.45, 2.75) is 0 Å². The molecule has 0 fully saturated rings. The molecule has 0 atom stereocenters. The summed E-state index contributed by atoms with van der Waals surface area (Å²) >= 11 is 3.56. The minimum absolute atomic E-state index is 0.938. The Labute approximate surface area is 96.4 Å². The molecule has 2 aromatic rings. The van der Waals surface area contributed by atoms with E-state index in [1.54, 1.807) is 23.1 Å². The average molecular weight is 234 g/mol. The molecule has 3 rings (SSSR count). The van der Waals surface area contributed by atoms with Gasteiger partial charge in [0.1, 0.15) is 0 Å². The van der Waals surface area contributed by atoms with Gasteiger partial charge in [-0.05, 0) is 35.0 Å². The molecule has 0 spiro atoms. The van der Waals surface area contributed by atoms with E-state index in [1.165, 1.54) is 10.1 Å². The molecule has 0 saturated carbocycles. The molecule has 1 aliphatic heterocycles. The Hall–Kier alpha value is -1.00. The number of benzene rings is 1. The van der Waals surface area contributed by atoms with Gasteiger partial charge >= 0.3 is 0 Å². The number of hydrogen-bond acceptors (Lipinski definition) is 4. The molecular weight excluding hydrogens is 224 g/mol. The highest BCUT2D eigenvalue weighted by molar-refractivity contribution is 8.14. The van der Waals surface area contributed by atoms with Gasteiger partial charge in [-0.3, -0.25) is 4.99 Å². The molecular formula is C11H10N2S2. The van der Waals surface area contributed by atoms with Gasteiger partial charge in [0.2, 0.25) is 0 Å². The summed E-state index contributed by atoms with van der Waals surface area (Å²) in [5.74, 6) is 1.10. The summed E-state index contributed by atoms with van der Waals surface area (Å²) in [6.45, 7) is 0.938. The fraction of sp³-hybridized carbons (Fsp3) is 0.182. The van der Waals surface area contributed by atoms with Crippen molar-refractivity contribution in [3.05, 3.63) is 29.6 Å². The summed E-state index contributed by atoms with van der Waals surface area (Å²) in [5, 5.41) is 7.81. The molecule has 2 heterocycles. The maximum atomic E-state index is 4.37. The van der Waals surface area contributed by atoms with Crippen molar-refractivity contribution in [3.63, 3.8) is 0 Å². The van der Waals surface area contributed by atoms with E-state index >= 15 is 0 Å². The van der Waals surface area contributed by atoms with E-state index in [0.717, 1.165) is 23.2 Å². The van der Waals surface area contributed by atoms with Crippen LogP contribution in [-0.4, -0.2) is 17.5 Å². The number of thiophene rings is 1. The second-order valence-corrected chi connectivity index (χ2v) is 5.36. The van der Waals surface area contributed by atoms with E-state index < -0.39 is 0 Å². The molecule has 1 N–H and O–H groups in total. The van der Waals surface area contributed by atoms with Crippen LogP contribution in [0.1, 0.15) is 0 Å². The number of anilines is 1. The normalized spacial score (nSPS) is 15.6. The molecule has 76 valence electrons. The van der Waals surface area contributed by atoms with Crippen LogP contribution >= 0.6 is 23.1 Å². The van der Waals surface area contributed by atoms with Crippen LogP contribution in [0.25, 0.3) is 10.1 Å². The first-order valence-corrected chi connectivity index (χ1v) is 6.70. The fourth-order valence-electron chi connectivity index (χ4n) is 1.58. The van der Waals surface area contributed by atoms with E-state index in [-0.39, 0.29) is 0 Å². The van der Waals surface area contributed by atoms with Crippen LogP contribution in [0.5, 0.6) is 0 Å². The highest BCUT2D eigenvalue weighted by atomic mass is 32.2. The topological polar surface area (TPSA) is 24.4 Å². The quantitative estimate of drug-likeness (QED) is 0.817. The summed E-state index contributed by atoms with van der Waals surface area (Å²) in [4.78, 5) is 4.37. The molecule has 4 heteroatoms. The average Bonchev–Trinajstić information content (AvgIpc) is 2.87. The second-order valence-electron chi connectivity index (χ2n) is 3.33. The number of thioether (sulfide) groups is 1. The second kappa shape index (κ2) is 3.87. The molecule has 0 saturated heterocycles. The SMILES string of the molecule is c1cc2cc(NC3=NCCS3)ccc2s1. The molecule has 2 nitrogen and oxygen atoms in total. The number of aliphatic imine (C=N–C) groups is 1. The van der Waals surface area contributed by atoms with E-state index in [0.29, 0.717) is 0 Å². The summed E-state index contributed by atoms with van der Waals surface area (Å²) in [6, 6.07) is 8.59. The molecule has 1 aromatic heterocycles. The number of rotatable bonds is 1. The first-order valence-electron chi connectivity index (χ1n) is 4.83. The summed E-state index contributed by atoms with van der Waals surface area (Å²) < 4.78 is 1.33. The summed E-state index contributed by atoms with van der Waals surface area (Å²) in [7, 11) is 0. The standard InChI is InChI=1S/C11H10N2S2/c1-2-10-8(3-5-14-10)7-9(1)13-11-12-4-6-15-11/h1-3,5,7H,4,6H2,(H,12,13). The summed E-state index contributed by atoms with van der Waals surface area (Å²) in [5.41, 5.74) is 1.13. The van der Waals surface area contributed by atoms with Gasteiger partial charge in [-0.1, -0.05) is 11.8 Å². The van der Waals surface area contributed by atoms with E-state index in [1.807, 2.05) is 0 Å². The predicted molar refractivity (Wildman–Crippen MR) is 70.2 cm³/mol. The zero-order valence-corrected chi connectivity index (χ0v) is 9.70. The Kier molecular flexibility index (Phi) is 2.38. The third-order valence-corrected chi connectivity index (χ3v) is 4.08. The van der Waals surface area contributed by atoms with E-state index in [4.69, 9.17) is 0 Å². The van der Waals surface area contributed by atoms with Crippen molar-refractivity contribution in [2.75, 3.05) is 17.6 Å². The van der Waals surface area contributed by atoms with Crippen LogP contribution < -0.4 is 5.32 Å². The monoisotopic (exact) mass is 234 g/mol. The number of nitrogens with one attached hydrogen (secondary N) is 1. The largest absolute Gasteiger partial charge is 0.335 e. The third-order valence-electron chi connectivity index (χ3n) is 2.29. The van der Waals surface area contributed by atoms with Crippen LogP contribution in [-0.2, 0) is 0 Å². The van der Waals surface area contributed by atoms with Gasteiger partial charge in [0.15, 0.2) is 5.17 Å². The van der Waals surface area contributed by atoms with Gasteiger partial charge in [0.25, 0.3) is 0 Å². The molecule has 1 aliphatic rings. The Morgan fingerprint density at radius 2 is 2.27 bits per heavy atom. The first kappa shape index (κ1) is 9.24. The fourth-order valence-corrected chi connectivity index (χ4v) is 3.10. The third kappa shape index (κ3) is 1.87. The first-order chi connectivity index (χ1) is 7.42. The molecule has 15 heavy (non-hydrogen) atoms. The predicted octanol–water partition coefficient (Wildman–Crippen LogP) is 3.42. The van der Waals surface area contributed by atoms with Gasteiger partial charge in [-0.2, -0.15) is 0 Å². The Bertz CT molecular complexity index is 516. The number of nitrogens with zero attached hydrogens (tertiary/aromatic N) is 1. The number of amidine groups is 1. The van der Waals surface area contributed by atoms with Crippen LogP contribution in [0.3, 0.4) is 0 Å². The van der Waals surface area contributed by atoms with Gasteiger partial charge in [-0.15, -0.1) is 11.3 Å². The molecule has 0 unspecified atom stereocenters. The lowest BCUT2D eigenvalue weighted by Crippen LogP contribution is -2.04. The number of hydrogen-bond donors (Lipinski definition) is 1. The van der Waals surface area contributed by atoms with Crippen molar-refractivity contribution in [2.24, 2.45) is 4.99 Å². The van der Waals surface area contributed by atoms with Crippen molar-refractivity contribution < 1.29 is 0 Å². The lowest BCUT2D eigenvalue weighted by atomic mass is 10.2. The van der Waals surface area contributed by atoms with Crippen LogP contribution in [0, 0.1) is 0 Å². The molecule has 0 amide bonds. The lowest BCUT2D eigenvalue weighted by molar-refractivity contribution is 1.17. The van der Waals surface area contributed by atoms with Gasteiger partial charge < -0.3 is 5.32 Å². The smallest absolute Gasteiger partial charge is 0.161 e. The van der Waals surface area contributed by atoms with E-state index in [2.05, 4.69) is 40.0 Å². The Balaban J connectivity index is 1.90. The van der Waals surface area contributed by atoms with Crippen molar-refractivity contribution >= 4 is 44.0 Å². The minimum atomic E-state index is 0.938. The van der Waals surface area contributed by atoms with Crippen molar-refractivity contribution in [1.82, 2.24) is 0 Å². The maximum Gasteiger partial charge on any atom is 0.161 e. The molecule has 0 aliphatic carbocycles. The molecule has 0 radical (unpaired) electrons. The van der Waals surface area contributed by atoms with Crippen LogP contribution in [0.4, 0.5) is 5.69 Å². The maximum absolute atomic E-state index is 4.37. The molecule has 0 bridgehead atoms. The summed E-state index contributed by atoms with van der Waals surface area (Å²) in [6.07, 6.45) is 0. The van der Waals surface area contributed by atoms with Gasteiger partial charge in [0, 0.05) is 16.1 Å². The number of fused-ring (bicyclic) bond motifs is 1. The van der Waals surface area contributed by atoms with Crippen LogP contribution in [0.2, 0.25) is 0 Å². The zero-order valence-electron chi connectivity index (χ0n) is 8.06. The minimum Gasteiger partial charge on any atom is -0.335 e. The van der Waals surface area contributed by atoms with Gasteiger partial charge in [0.05, 0.1) is 6.54 Å². The highest BCUT2D eigenvalue weighted by Crippen LogP contribution is 2.25. The zero-order chi connectivity index (χ0) is 10.1. The van der Waals surface area contributed by atoms with Crippen molar-refractivity contribution in [1.29, 1.82) is 0 Å². The van der Waals surface area contributed by atoms with Gasteiger partial charge in [-0.25, -0.2) is 0 Å². The highest BCUT2D eigenvalue weighted by Gasteiger charge is 2.07. The Morgan fingerprint density at radius 1 is 1.27 bits per heavy atom. The molecule has 1 aromatic carbocycles. The van der Waals surface area contributed by atoms with Crippen molar-refractivity contribution in [3.8, 4) is 0 Å². The Morgan fingerprint density at radius 3 is 3.13 bits per heavy atom. The lowest BCUT2D eigenvalue weighted by Gasteiger charge is -2.04.